The highest BCUT2D eigenvalue weighted by molar-refractivity contribution is 7.92. The second-order valence-corrected chi connectivity index (χ2v) is 8.71. The predicted octanol–water partition coefficient (Wildman–Crippen LogP) is 4.24. The normalized spacial score (nSPS) is 11.3. The Hall–Kier alpha value is -2.84. The van der Waals surface area contributed by atoms with Crippen molar-refractivity contribution in [3.05, 3.63) is 70.1 Å². The number of nitrogens with one attached hydrogen (secondary N) is 2. The highest BCUT2D eigenvalue weighted by Crippen LogP contribution is 2.24. The van der Waals surface area contributed by atoms with Gasteiger partial charge in [-0.2, -0.15) is 0 Å². The van der Waals surface area contributed by atoms with Crippen LogP contribution < -0.4 is 10.0 Å². The average molecular weight is 434 g/mol. The van der Waals surface area contributed by atoms with Crippen LogP contribution in [-0.4, -0.2) is 19.5 Å². The fourth-order valence-corrected chi connectivity index (χ4v) is 4.36. The Morgan fingerprint density at radius 3 is 2.52 bits per heavy atom. The third-order valence-corrected chi connectivity index (χ3v) is 6.12. The summed E-state index contributed by atoms with van der Waals surface area (Å²) in [4.78, 5) is 12.5. The van der Waals surface area contributed by atoms with Crippen LogP contribution in [0.5, 0.6) is 0 Å². The molecule has 0 unspecified atom stereocenters. The lowest BCUT2D eigenvalue weighted by Gasteiger charge is -2.13. The van der Waals surface area contributed by atoms with Crippen molar-refractivity contribution in [2.75, 3.05) is 10.0 Å². The first-order chi connectivity index (χ1) is 13.7. The van der Waals surface area contributed by atoms with Gasteiger partial charge in [0.25, 0.3) is 10.0 Å². The Morgan fingerprint density at radius 1 is 1.10 bits per heavy atom. The number of nitrogens with zero attached hydrogens (tertiary/aromatic N) is 1. The molecule has 9 heteroatoms. The van der Waals surface area contributed by atoms with E-state index >= 15 is 0 Å². The second-order valence-electron chi connectivity index (χ2n) is 6.62. The zero-order valence-corrected chi connectivity index (χ0v) is 17.7. The highest BCUT2D eigenvalue weighted by Gasteiger charge is 2.19. The van der Waals surface area contributed by atoms with Crippen molar-refractivity contribution < 1.29 is 17.7 Å². The van der Waals surface area contributed by atoms with E-state index in [4.69, 9.17) is 16.1 Å². The van der Waals surface area contributed by atoms with Crippen LogP contribution in [0.15, 0.2) is 51.9 Å². The van der Waals surface area contributed by atoms with Gasteiger partial charge in [-0.1, -0.05) is 28.9 Å². The van der Waals surface area contributed by atoms with Crippen LogP contribution in [0, 0.1) is 20.8 Å². The number of anilines is 2. The van der Waals surface area contributed by atoms with Crippen LogP contribution in [-0.2, 0) is 21.2 Å². The van der Waals surface area contributed by atoms with Gasteiger partial charge in [-0.15, -0.1) is 0 Å². The number of aromatic nitrogens is 1. The Balaban J connectivity index is 1.81. The van der Waals surface area contributed by atoms with Crippen molar-refractivity contribution in [3.63, 3.8) is 0 Å². The zero-order valence-electron chi connectivity index (χ0n) is 16.1. The molecule has 0 spiro atoms. The van der Waals surface area contributed by atoms with Crippen LogP contribution in [0.4, 0.5) is 11.4 Å². The van der Waals surface area contributed by atoms with Crippen molar-refractivity contribution >= 4 is 38.9 Å². The van der Waals surface area contributed by atoms with Crippen molar-refractivity contribution in [2.45, 2.75) is 32.1 Å². The van der Waals surface area contributed by atoms with Crippen LogP contribution in [0.1, 0.15) is 22.6 Å². The van der Waals surface area contributed by atoms with Gasteiger partial charge in [0.2, 0.25) is 5.91 Å². The number of hydrogen-bond acceptors (Lipinski definition) is 5. The second kappa shape index (κ2) is 8.26. The Morgan fingerprint density at radius 2 is 1.86 bits per heavy atom. The first-order valence-electron chi connectivity index (χ1n) is 8.76. The van der Waals surface area contributed by atoms with Gasteiger partial charge < -0.3 is 9.84 Å². The molecular formula is C20H20ClN3O4S. The molecule has 7 nitrogen and oxygen atoms in total. The third-order valence-electron chi connectivity index (χ3n) is 4.36. The molecule has 2 aromatic carbocycles. The molecule has 0 aliphatic heterocycles. The van der Waals surface area contributed by atoms with Crippen LogP contribution in [0.25, 0.3) is 0 Å². The fourth-order valence-electron chi connectivity index (χ4n) is 2.85. The molecule has 0 bridgehead atoms. The number of benzene rings is 2. The van der Waals surface area contributed by atoms with Crippen LogP contribution >= 0.6 is 11.6 Å². The quantitative estimate of drug-likeness (QED) is 0.605. The smallest absolute Gasteiger partial charge is 0.262 e. The van der Waals surface area contributed by atoms with Gasteiger partial charge in [-0.05, 0) is 56.7 Å². The first-order valence-corrected chi connectivity index (χ1v) is 10.6. The molecule has 0 atom stereocenters. The number of hydrogen-bond donors (Lipinski definition) is 2. The largest absolute Gasteiger partial charge is 0.361 e. The summed E-state index contributed by atoms with van der Waals surface area (Å²) in [7, 11) is -3.87. The molecule has 3 rings (SSSR count). The van der Waals surface area contributed by atoms with Gasteiger partial charge in [-0.25, -0.2) is 8.42 Å². The molecule has 0 saturated heterocycles. The molecule has 3 aromatic rings. The molecule has 0 radical (unpaired) electrons. The lowest BCUT2D eigenvalue weighted by atomic mass is 10.1. The summed E-state index contributed by atoms with van der Waals surface area (Å²) in [5.74, 6) is 0.282. The summed E-state index contributed by atoms with van der Waals surface area (Å²) < 4.78 is 33.2. The molecule has 29 heavy (non-hydrogen) atoms. The Bertz CT molecular complexity index is 1150. The van der Waals surface area contributed by atoms with E-state index in [1.807, 2.05) is 0 Å². The van der Waals surface area contributed by atoms with Gasteiger partial charge in [0, 0.05) is 16.3 Å². The van der Waals surface area contributed by atoms with Gasteiger partial charge in [0.15, 0.2) is 0 Å². The maximum Gasteiger partial charge on any atom is 0.262 e. The van der Waals surface area contributed by atoms with Crippen molar-refractivity contribution in [1.29, 1.82) is 0 Å². The van der Waals surface area contributed by atoms with E-state index in [9.17, 15) is 13.2 Å². The average Bonchev–Trinajstić information content (AvgIpc) is 2.95. The SMILES string of the molecule is Cc1ccc(NC(=O)Cc2c(C)noc2C)cc1S(=O)(=O)Nc1cccc(Cl)c1. The summed E-state index contributed by atoms with van der Waals surface area (Å²) in [6, 6.07) is 11.1. The summed E-state index contributed by atoms with van der Waals surface area (Å²) >= 11 is 5.92. The number of amides is 1. The maximum atomic E-state index is 12.8. The third kappa shape index (κ3) is 4.96. The molecule has 0 saturated carbocycles. The number of sulfonamides is 1. The molecule has 1 amide bonds. The molecule has 0 aliphatic carbocycles. The van der Waals surface area contributed by atoms with E-state index in [1.54, 1.807) is 51.1 Å². The predicted molar refractivity (Wildman–Crippen MR) is 112 cm³/mol. The Kier molecular flexibility index (Phi) is 5.95. The highest BCUT2D eigenvalue weighted by atomic mass is 35.5. The molecule has 1 aromatic heterocycles. The van der Waals surface area contributed by atoms with Gasteiger partial charge in [0.1, 0.15) is 5.76 Å². The summed E-state index contributed by atoms with van der Waals surface area (Å²) in [5.41, 5.74) is 2.63. The van der Waals surface area contributed by atoms with Crippen LogP contribution in [0.3, 0.4) is 0 Å². The van der Waals surface area contributed by atoms with Crippen molar-refractivity contribution in [1.82, 2.24) is 5.16 Å². The summed E-state index contributed by atoms with van der Waals surface area (Å²) in [6.07, 6.45) is 0.0812. The summed E-state index contributed by atoms with van der Waals surface area (Å²) in [6.45, 7) is 5.18. The minimum atomic E-state index is -3.87. The molecule has 0 aliphatic rings. The van der Waals surface area contributed by atoms with Gasteiger partial charge in [-0.3, -0.25) is 9.52 Å². The molecule has 152 valence electrons. The van der Waals surface area contributed by atoms with E-state index in [-0.39, 0.29) is 17.2 Å². The minimum absolute atomic E-state index is 0.0626. The molecule has 2 N–H and O–H groups in total. The van der Waals surface area contributed by atoms with Crippen molar-refractivity contribution in [3.8, 4) is 0 Å². The lowest BCUT2D eigenvalue weighted by Crippen LogP contribution is -2.17. The van der Waals surface area contributed by atoms with E-state index in [0.29, 0.717) is 39.0 Å². The maximum absolute atomic E-state index is 12.8. The number of carbonyl (C=O) groups is 1. The van der Waals surface area contributed by atoms with E-state index in [2.05, 4.69) is 15.2 Å². The topological polar surface area (TPSA) is 101 Å². The van der Waals surface area contributed by atoms with Gasteiger partial charge in [0.05, 0.1) is 22.7 Å². The number of rotatable bonds is 6. The molecule has 0 fully saturated rings. The zero-order chi connectivity index (χ0) is 21.2. The standard InChI is InChI=1S/C20H20ClN3O4S/c1-12-7-8-16(22-20(25)11-18-13(2)23-28-14(18)3)10-19(12)29(26,27)24-17-6-4-5-15(21)9-17/h4-10,24H,11H2,1-3H3,(H,22,25). The number of carbonyl (C=O) groups excluding carboxylic acids is 1. The summed E-state index contributed by atoms with van der Waals surface area (Å²) in [5, 5.41) is 6.97. The fraction of sp³-hybridized carbons (Fsp3) is 0.200. The van der Waals surface area contributed by atoms with E-state index in [1.165, 1.54) is 12.1 Å². The Labute approximate surface area is 174 Å². The van der Waals surface area contributed by atoms with Gasteiger partial charge >= 0.3 is 0 Å². The molecule has 1 heterocycles. The van der Waals surface area contributed by atoms with E-state index in [0.717, 1.165) is 0 Å². The van der Waals surface area contributed by atoms with E-state index < -0.39 is 10.0 Å². The van der Waals surface area contributed by atoms with Crippen molar-refractivity contribution in [2.24, 2.45) is 0 Å². The minimum Gasteiger partial charge on any atom is -0.361 e. The monoisotopic (exact) mass is 433 g/mol. The first kappa shape index (κ1) is 20.9. The van der Waals surface area contributed by atoms with Crippen LogP contribution in [0.2, 0.25) is 5.02 Å². The lowest BCUT2D eigenvalue weighted by molar-refractivity contribution is -0.115. The number of halogens is 1. The molecular weight excluding hydrogens is 414 g/mol. The number of aryl methyl sites for hydroxylation is 3.